The first-order chi connectivity index (χ1) is 9.34. The molecule has 5 nitrogen and oxygen atoms in total. The Balaban J connectivity index is 1.49. The Hall–Kier alpha value is -0.620. The zero-order valence-corrected chi connectivity index (χ0v) is 12.9. The molecule has 1 amide bonds. The summed E-state index contributed by atoms with van der Waals surface area (Å²) in [6.07, 6.45) is 6.32. The van der Waals surface area contributed by atoms with Gasteiger partial charge in [-0.2, -0.15) is 0 Å². The second-order valence-electron chi connectivity index (χ2n) is 7.16. The Morgan fingerprint density at radius 1 is 1.25 bits per heavy atom. The number of carbonyl (C=O) groups excluding carboxylic acids is 1. The molecule has 3 fully saturated rings. The van der Waals surface area contributed by atoms with Gasteiger partial charge >= 0.3 is 0 Å². The lowest BCUT2D eigenvalue weighted by molar-refractivity contribution is -0.123. The highest BCUT2D eigenvalue weighted by molar-refractivity contribution is 7.90. The standard InChI is InChI=1S/C14H24N2O3S/c1-20(18,19)10-13(2-3-13)9-16-12(17)11-8-14(11)4-6-15-7-5-14/h11,15H,2-10H2,1H3,(H,16,17). The van der Waals surface area contributed by atoms with Crippen molar-refractivity contribution in [2.45, 2.75) is 32.1 Å². The highest BCUT2D eigenvalue weighted by Crippen LogP contribution is 2.58. The lowest BCUT2D eigenvalue weighted by Gasteiger charge is -2.23. The van der Waals surface area contributed by atoms with Crippen LogP contribution in [0.15, 0.2) is 0 Å². The molecule has 2 N–H and O–H groups in total. The van der Waals surface area contributed by atoms with Crippen molar-refractivity contribution in [3.8, 4) is 0 Å². The van der Waals surface area contributed by atoms with E-state index in [4.69, 9.17) is 0 Å². The van der Waals surface area contributed by atoms with Gasteiger partial charge in [-0.15, -0.1) is 0 Å². The fourth-order valence-electron chi connectivity index (χ4n) is 3.70. The van der Waals surface area contributed by atoms with Gasteiger partial charge in [0.1, 0.15) is 9.84 Å². The largest absolute Gasteiger partial charge is 0.355 e. The molecule has 3 rings (SSSR count). The van der Waals surface area contributed by atoms with E-state index in [0.717, 1.165) is 45.2 Å². The molecule has 1 unspecified atom stereocenters. The Morgan fingerprint density at radius 2 is 1.90 bits per heavy atom. The van der Waals surface area contributed by atoms with Crippen LogP contribution in [0, 0.1) is 16.7 Å². The molecule has 0 radical (unpaired) electrons. The van der Waals surface area contributed by atoms with Crippen LogP contribution in [-0.2, 0) is 14.6 Å². The lowest BCUT2D eigenvalue weighted by Crippen LogP contribution is -2.37. The van der Waals surface area contributed by atoms with Gasteiger partial charge in [0, 0.05) is 24.1 Å². The van der Waals surface area contributed by atoms with Crippen LogP contribution >= 0.6 is 0 Å². The third-order valence-corrected chi connectivity index (χ3v) is 6.41. The Labute approximate surface area is 120 Å². The number of sulfone groups is 1. The first kappa shape index (κ1) is 14.3. The van der Waals surface area contributed by atoms with Gasteiger partial charge in [0.05, 0.1) is 5.75 Å². The summed E-state index contributed by atoms with van der Waals surface area (Å²) < 4.78 is 22.8. The number of amides is 1. The predicted molar refractivity (Wildman–Crippen MR) is 77.0 cm³/mol. The molecule has 0 aromatic heterocycles. The van der Waals surface area contributed by atoms with Gasteiger partial charge in [-0.25, -0.2) is 8.42 Å². The second-order valence-corrected chi connectivity index (χ2v) is 9.30. The molecular formula is C14H24N2O3S. The summed E-state index contributed by atoms with van der Waals surface area (Å²) in [4.78, 5) is 12.2. The molecule has 2 saturated carbocycles. The second kappa shape index (κ2) is 4.70. The molecule has 1 heterocycles. The Bertz CT molecular complexity index is 505. The topological polar surface area (TPSA) is 75.3 Å². The van der Waals surface area contributed by atoms with Gasteiger partial charge < -0.3 is 10.6 Å². The summed E-state index contributed by atoms with van der Waals surface area (Å²) in [7, 11) is -2.96. The minimum Gasteiger partial charge on any atom is -0.355 e. The van der Waals surface area contributed by atoms with Crippen LogP contribution in [0.5, 0.6) is 0 Å². The van der Waals surface area contributed by atoms with Crippen LogP contribution < -0.4 is 10.6 Å². The fourth-order valence-corrected chi connectivity index (χ4v) is 5.20. The van der Waals surface area contributed by atoms with Gasteiger partial charge in [0.15, 0.2) is 0 Å². The Kier molecular flexibility index (Phi) is 3.36. The SMILES string of the molecule is CS(=O)(=O)CC1(CNC(=O)C2CC23CCNCC3)CC1. The van der Waals surface area contributed by atoms with Gasteiger partial charge in [0.25, 0.3) is 0 Å². The Morgan fingerprint density at radius 3 is 2.45 bits per heavy atom. The van der Waals surface area contributed by atoms with E-state index >= 15 is 0 Å². The van der Waals surface area contributed by atoms with Crippen LogP contribution in [0.4, 0.5) is 0 Å². The van der Waals surface area contributed by atoms with Crippen LogP contribution in [0.2, 0.25) is 0 Å². The number of piperidine rings is 1. The number of rotatable bonds is 5. The summed E-state index contributed by atoms with van der Waals surface area (Å²) in [5.41, 5.74) is 0.0856. The third-order valence-electron chi connectivity index (χ3n) is 5.27. The molecule has 0 aromatic carbocycles. The molecule has 20 heavy (non-hydrogen) atoms. The first-order valence-corrected chi connectivity index (χ1v) is 9.57. The summed E-state index contributed by atoms with van der Waals surface area (Å²) >= 11 is 0. The molecule has 1 saturated heterocycles. The van der Waals surface area contributed by atoms with Crippen molar-refractivity contribution in [1.29, 1.82) is 0 Å². The zero-order chi connectivity index (χ0) is 14.4. The smallest absolute Gasteiger partial charge is 0.223 e. The maximum atomic E-state index is 12.2. The number of hydrogen-bond acceptors (Lipinski definition) is 4. The maximum absolute atomic E-state index is 12.2. The van der Waals surface area contributed by atoms with Crippen LogP contribution in [-0.4, -0.2) is 46.0 Å². The average molecular weight is 300 g/mol. The highest BCUT2D eigenvalue weighted by atomic mass is 32.2. The molecule has 114 valence electrons. The molecular weight excluding hydrogens is 276 g/mol. The normalized spacial score (nSPS) is 29.9. The van der Waals surface area contributed by atoms with Crippen molar-refractivity contribution < 1.29 is 13.2 Å². The fraction of sp³-hybridized carbons (Fsp3) is 0.929. The third kappa shape index (κ3) is 3.01. The van der Waals surface area contributed by atoms with Crippen LogP contribution in [0.3, 0.4) is 0 Å². The van der Waals surface area contributed by atoms with Crippen LogP contribution in [0.25, 0.3) is 0 Å². The van der Waals surface area contributed by atoms with E-state index in [-0.39, 0.29) is 28.4 Å². The number of nitrogens with one attached hydrogen (secondary N) is 2. The highest BCUT2D eigenvalue weighted by Gasteiger charge is 2.58. The van der Waals surface area contributed by atoms with E-state index in [1.165, 1.54) is 6.26 Å². The van der Waals surface area contributed by atoms with E-state index in [1.54, 1.807) is 0 Å². The summed E-state index contributed by atoms with van der Waals surface area (Å²) in [6.45, 7) is 2.56. The number of hydrogen-bond donors (Lipinski definition) is 2. The quantitative estimate of drug-likeness (QED) is 0.766. The van der Waals surface area contributed by atoms with Crippen molar-refractivity contribution >= 4 is 15.7 Å². The van der Waals surface area contributed by atoms with Crippen LogP contribution in [0.1, 0.15) is 32.1 Å². The van der Waals surface area contributed by atoms with E-state index in [1.807, 2.05) is 0 Å². The van der Waals surface area contributed by atoms with Gasteiger partial charge in [-0.05, 0) is 50.6 Å². The minimum absolute atomic E-state index is 0.145. The summed E-state index contributed by atoms with van der Waals surface area (Å²) in [5.74, 6) is 0.519. The van der Waals surface area contributed by atoms with E-state index in [0.29, 0.717) is 6.54 Å². The van der Waals surface area contributed by atoms with Crippen molar-refractivity contribution in [1.82, 2.24) is 10.6 Å². The van der Waals surface area contributed by atoms with Gasteiger partial charge in [-0.1, -0.05) is 0 Å². The average Bonchev–Trinajstić information content (AvgIpc) is 3.25. The lowest BCUT2D eigenvalue weighted by atomic mass is 9.91. The van der Waals surface area contributed by atoms with Crippen molar-refractivity contribution in [2.24, 2.45) is 16.7 Å². The molecule has 0 aromatic rings. The summed E-state index contributed by atoms with van der Waals surface area (Å²) in [6, 6.07) is 0. The minimum atomic E-state index is -2.96. The molecule has 3 aliphatic rings. The molecule has 0 bridgehead atoms. The van der Waals surface area contributed by atoms with Crippen molar-refractivity contribution in [3.63, 3.8) is 0 Å². The van der Waals surface area contributed by atoms with E-state index in [9.17, 15) is 13.2 Å². The van der Waals surface area contributed by atoms with Crippen molar-refractivity contribution in [2.75, 3.05) is 31.6 Å². The first-order valence-electron chi connectivity index (χ1n) is 7.51. The summed E-state index contributed by atoms with van der Waals surface area (Å²) in [5, 5.41) is 6.35. The van der Waals surface area contributed by atoms with Gasteiger partial charge in [-0.3, -0.25) is 4.79 Å². The van der Waals surface area contributed by atoms with E-state index in [2.05, 4.69) is 10.6 Å². The molecule has 1 spiro atoms. The van der Waals surface area contributed by atoms with Crippen molar-refractivity contribution in [3.05, 3.63) is 0 Å². The maximum Gasteiger partial charge on any atom is 0.223 e. The molecule has 6 heteroatoms. The molecule has 1 aliphatic heterocycles. The van der Waals surface area contributed by atoms with Gasteiger partial charge in [0.2, 0.25) is 5.91 Å². The number of carbonyl (C=O) groups is 1. The zero-order valence-electron chi connectivity index (χ0n) is 12.1. The van der Waals surface area contributed by atoms with E-state index < -0.39 is 9.84 Å². The molecule has 1 atom stereocenters. The molecule has 2 aliphatic carbocycles. The monoisotopic (exact) mass is 300 g/mol. The predicted octanol–water partition coefficient (Wildman–Crippen LogP) is 0.317.